The highest BCUT2D eigenvalue weighted by Gasteiger charge is 2.49. The molecule has 0 aromatic heterocycles. The Bertz CT molecular complexity index is 1010. The first-order chi connectivity index (χ1) is 12.5. The van der Waals surface area contributed by atoms with Crippen LogP contribution in [0.15, 0.2) is 36.4 Å². The SMILES string of the molecule is O=C1c2cccc3cccc(c23)C(=O)N1OS(=O)(=O)C1CC2CCC1C2. The first-order valence-electron chi connectivity index (χ1n) is 8.79. The molecule has 5 rings (SSSR count). The van der Waals surface area contributed by atoms with E-state index in [1.54, 1.807) is 24.3 Å². The van der Waals surface area contributed by atoms with E-state index in [2.05, 4.69) is 0 Å². The highest BCUT2D eigenvalue weighted by molar-refractivity contribution is 7.87. The average molecular weight is 371 g/mol. The van der Waals surface area contributed by atoms with Gasteiger partial charge in [-0.2, -0.15) is 8.42 Å². The standard InChI is InChI=1S/C19H17NO5S/c21-18-14-5-1-3-12-4-2-6-15(17(12)14)19(22)20(18)25-26(23,24)16-10-11-7-8-13(16)9-11/h1-6,11,13,16H,7-10H2. The van der Waals surface area contributed by atoms with Gasteiger partial charge in [-0.25, -0.2) is 0 Å². The van der Waals surface area contributed by atoms with Crippen LogP contribution in [0.25, 0.3) is 10.8 Å². The van der Waals surface area contributed by atoms with Gasteiger partial charge in [0, 0.05) is 5.39 Å². The van der Waals surface area contributed by atoms with Crippen LogP contribution >= 0.6 is 0 Å². The minimum absolute atomic E-state index is 0.0655. The molecule has 0 N–H and O–H groups in total. The number of imide groups is 1. The summed E-state index contributed by atoms with van der Waals surface area (Å²) in [7, 11) is -4.04. The molecule has 2 aromatic rings. The van der Waals surface area contributed by atoms with Crippen molar-refractivity contribution in [2.24, 2.45) is 11.8 Å². The second-order valence-corrected chi connectivity index (χ2v) is 9.13. The summed E-state index contributed by atoms with van der Waals surface area (Å²) in [5.41, 5.74) is 0.557. The van der Waals surface area contributed by atoms with Crippen LogP contribution in [0.3, 0.4) is 0 Å². The molecule has 134 valence electrons. The van der Waals surface area contributed by atoms with Gasteiger partial charge in [-0.1, -0.05) is 30.7 Å². The Balaban J connectivity index is 1.53. The molecule has 7 heteroatoms. The molecule has 3 aliphatic rings. The predicted molar refractivity (Wildman–Crippen MR) is 93.7 cm³/mol. The number of carbonyl (C=O) groups excluding carboxylic acids is 2. The van der Waals surface area contributed by atoms with Crippen molar-refractivity contribution in [2.75, 3.05) is 0 Å². The lowest BCUT2D eigenvalue weighted by Crippen LogP contribution is -2.44. The number of hydrogen-bond donors (Lipinski definition) is 0. The van der Waals surface area contributed by atoms with Crippen molar-refractivity contribution in [1.82, 2.24) is 5.06 Å². The third kappa shape index (κ3) is 2.17. The zero-order chi connectivity index (χ0) is 18.1. The van der Waals surface area contributed by atoms with Crippen LogP contribution < -0.4 is 0 Å². The van der Waals surface area contributed by atoms with Gasteiger partial charge in [0.05, 0.1) is 16.4 Å². The summed E-state index contributed by atoms with van der Waals surface area (Å²) in [6.07, 6.45) is 3.35. The second-order valence-electron chi connectivity index (χ2n) is 7.39. The number of rotatable bonds is 3. The van der Waals surface area contributed by atoms with E-state index in [1.807, 2.05) is 12.1 Å². The summed E-state index contributed by atoms with van der Waals surface area (Å²) < 4.78 is 30.7. The Morgan fingerprint density at radius 2 is 1.58 bits per heavy atom. The molecule has 6 nitrogen and oxygen atoms in total. The summed E-state index contributed by atoms with van der Waals surface area (Å²) >= 11 is 0. The third-order valence-corrected chi connectivity index (χ3v) is 7.63. The molecule has 0 spiro atoms. The molecule has 26 heavy (non-hydrogen) atoms. The highest BCUT2D eigenvalue weighted by atomic mass is 32.2. The number of hydrogen-bond acceptors (Lipinski definition) is 5. The first kappa shape index (κ1) is 16.0. The second kappa shape index (κ2) is 5.37. The van der Waals surface area contributed by atoms with Crippen molar-refractivity contribution in [3.63, 3.8) is 0 Å². The fourth-order valence-corrected chi connectivity index (χ4v) is 6.46. The molecule has 3 unspecified atom stereocenters. The number of hydroxylamine groups is 2. The van der Waals surface area contributed by atoms with Crippen LogP contribution in [0.5, 0.6) is 0 Å². The number of amides is 2. The molecule has 3 atom stereocenters. The summed E-state index contributed by atoms with van der Waals surface area (Å²) in [6.45, 7) is 0. The zero-order valence-corrected chi connectivity index (χ0v) is 14.7. The smallest absolute Gasteiger partial charge is 0.266 e. The number of fused-ring (bicyclic) bond motifs is 2. The van der Waals surface area contributed by atoms with E-state index in [1.165, 1.54) is 0 Å². The Kier molecular flexibility index (Phi) is 3.30. The van der Waals surface area contributed by atoms with Gasteiger partial charge in [-0.3, -0.25) is 9.59 Å². The van der Waals surface area contributed by atoms with Gasteiger partial charge in [0.2, 0.25) is 0 Å². The third-order valence-electron chi connectivity index (χ3n) is 5.96. The van der Waals surface area contributed by atoms with Crippen LogP contribution in [0, 0.1) is 11.8 Å². The van der Waals surface area contributed by atoms with Crippen molar-refractivity contribution in [2.45, 2.75) is 30.9 Å². The number of benzene rings is 2. The van der Waals surface area contributed by atoms with E-state index in [9.17, 15) is 18.0 Å². The molecule has 2 aliphatic carbocycles. The Labute approximate surface area is 150 Å². The molecule has 2 fully saturated rings. The highest BCUT2D eigenvalue weighted by Crippen LogP contribution is 2.48. The quantitative estimate of drug-likeness (QED) is 0.775. The van der Waals surface area contributed by atoms with Gasteiger partial charge < -0.3 is 0 Å². The van der Waals surface area contributed by atoms with E-state index in [0.717, 1.165) is 24.6 Å². The van der Waals surface area contributed by atoms with Crippen LogP contribution in [-0.2, 0) is 14.4 Å². The monoisotopic (exact) mass is 371 g/mol. The number of carbonyl (C=O) groups is 2. The van der Waals surface area contributed by atoms with E-state index in [-0.39, 0.29) is 17.0 Å². The van der Waals surface area contributed by atoms with E-state index >= 15 is 0 Å². The maximum absolute atomic E-state index is 12.8. The van der Waals surface area contributed by atoms with Gasteiger partial charge in [-0.15, -0.1) is 9.35 Å². The van der Waals surface area contributed by atoms with Crippen molar-refractivity contribution < 1.29 is 22.3 Å². The molecule has 2 bridgehead atoms. The Hall–Kier alpha value is -2.25. The van der Waals surface area contributed by atoms with E-state index < -0.39 is 27.2 Å². The molecule has 1 aliphatic heterocycles. The van der Waals surface area contributed by atoms with Crippen LogP contribution in [0.4, 0.5) is 0 Å². The van der Waals surface area contributed by atoms with Gasteiger partial charge >= 0.3 is 0 Å². The van der Waals surface area contributed by atoms with Gasteiger partial charge in [-0.05, 0) is 48.6 Å². The van der Waals surface area contributed by atoms with Crippen molar-refractivity contribution in [3.05, 3.63) is 47.5 Å². The minimum atomic E-state index is -4.04. The summed E-state index contributed by atoms with van der Waals surface area (Å²) in [5.74, 6) is -0.988. The van der Waals surface area contributed by atoms with Gasteiger partial charge in [0.25, 0.3) is 21.9 Å². The van der Waals surface area contributed by atoms with Crippen molar-refractivity contribution in [1.29, 1.82) is 0 Å². The van der Waals surface area contributed by atoms with Gasteiger partial charge in [0.15, 0.2) is 0 Å². The van der Waals surface area contributed by atoms with Crippen molar-refractivity contribution in [3.8, 4) is 0 Å². The average Bonchev–Trinajstić information content (AvgIpc) is 3.27. The fraction of sp³-hybridized carbons (Fsp3) is 0.368. The predicted octanol–water partition coefficient (Wildman–Crippen LogP) is 2.89. The summed E-state index contributed by atoms with van der Waals surface area (Å²) in [6, 6.07) is 10.2. The summed E-state index contributed by atoms with van der Waals surface area (Å²) in [4.78, 5) is 25.6. The Morgan fingerprint density at radius 1 is 0.923 bits per heavy atom. The molecule has 2 saturated carbocycles. The van der Waals surface area contributed by atoms with Crippen molar-refractivity contribution >= 4 is 32.7 Å². The molecular weight excluding hydrogens is 354 g/mol. The Morgan fingerprint density at radius 3 is 2.12 bits per heavy atom. The maximum atomic E-state index is 12.8. The minimum Gasteiger partial charge on any atom is -0.266 e. The normalized spacial score (nSPS) is 27.5. The van der Waals surface area contributed by atoms with Gasteiger partial charge in [0.1, 0.15) is 0 Å². The molecule has 1 heterocycles. The van der Waals surface area contributed by atoms with Crippen LogP contribution in [-0.4, -0.2) is 30.5 Å². The lowest BCUT2D eigenvalue weighted by molar-refractivity contribution is -0.0166. The largest absolute Gasteiger partial charge is 0.291 e. The van der Waals surface area contributed by atoms with E-state index in [0.29, 0.717) is 22.8 Å². The molecule has 2 aromatic carbocycles. The maximum Gasteiger partial charge on any atom is 0.291 e. The lowest BCUT2D eigenvalue weighted by atomic mass is 9.95. The van der Waals surface area contributed by atoms with E-state index in [4.69, 9.17) is 4.28 Å². The zero-order valence-electron chi connectivity index (χ0n) is 13.9. The number of nitrogens with zero attached hydrogens (tertiary/aromatic N) is 1. The lowest BCUT2D eigenvalue weighted by Gasteiger charge is -2.28. The summed E-state index contributed by atoms with van der Waals surface area (Å²) in [5, 5.41) is 1.10. The van der Waals surface area contributed by atoms with Crippen LogP contribution in [0.2, 0.25) is 0 Å². The topological polar surface area (TPSA) is 80.8 Å². The fourth-order valence-electron chi connectivity index (χ4n) is 4.78. The molecule has 0 radical (unpaired) electrons. The van der Waals surface area contributed by atoms with Crippen LogP contribution in [0.1, 0.15) is 46.4 Å². The first-order valence-corrected chi connectivity index (χ1v) is 10.3. The molecule has 2 amide bonds. The molecular formula is C19H17NO5S. The molecule has 0 saturated heterocycles.